The lowest BCUT2D eigenvalue weighted by Gasteiger charge is -2.10. The van der Waals surface area contributed by atoms with Gasteiger partial charge in [0.2, 0.25) is 0 Å². The average Bonchev–Trinajstić information content (AvgIpc) is 2.70. The maximum absolute atomic E-state index is 12.2. The van der Waals surface area contributed by atoms with Gasteiger partial charge >= 0.3 is 0 Å². The molecule has 0 saturated heterocycles. The average molecular weight is 409 g/mol. The molecule has 2 N–H and O–H groups in total. The van der Waals surface area contributed by atoms with Gasteiger partial charge in [-0.1, -0.05) is 29.8 Å². The lowest BCUT2D eigenvalue weighted by atomic mass is 10.0. The van der Waals surface area contributed by atoms with Crippen molar-refractivity contribution < 1.29 is 4.79 Å². The minimum Gasteiger partial charge on any atom is -0.347 e. The number of pyridine rings is 2. The Morgan fingerprint density at radius 2 is 2.00 bits per heavy atom. The smallest absolute Gasteiger partial charge is 0.253 e. The molecule has 2 heterocycles. The fraction of sp³-hybridized carbons (Fsp3) is 0.182. The minimum absolute atomic E-state index is 0.0768. The molecule has 3 rings (SSSR count). The van der Waals surface area contributed by atoms with Crippen LogP contribution in [0.25, 0.3) is 0 Å². The molecule has 0 atom stereocenters. The predicted molar refractivity (Wildman–Crippen MR) is 114 cm³/mol. The molecular formula is C22H21ClN4O2. The first-order valence-corrected chi connectivity index (χ1v) is 9.49. The minimum atomic E-state index is -0.257. The molecule has 0 aliphatic rings. The van der Waals surface area contributed by atoms with E-state index in [-0.39, 0.29) is 18.0 Å². The van der Waals surface area contributed by atoms with Crippen LogP contribution in [-0.2, 0) is 13.0 Å². The van der Waals surface area contributed by atoms with Crippen molar-refractivity contribution in [2.24, 2.45) is 0 Å². The Balaban J connectivity index is 1.72. The van der Waals surface area contributed by atoms with E-state index in [0.717, 1.165) is 16.7 Å². The fourth-order valence-electron chi connectivity index (χ4n) is 2.86. The SMILES string of the molecule is CC(=N)CNC(=O)c1cncc(Cc2ccc(Cn3ccccc3=O)c(Cl)c2)c1. The maximum atomic E-state index is 12.2. The van der Waals surface area contributed by atoms with E-state index >= 15 is 0 Å². The van der Waals surface area contributed by atoms with Crippen LogP contribution in [0, 0.1) is 5.41 Å². The van der Waals surface area contributed by atoms with Crippen LogP contribution < -0.4 is 10.9 Å². The summed E-state index contributed by atoms with van der Waals surface area (Å²) in [7, 11) is 0. The van der Waals surface area contributed by atoms with Gasteiger partial charge in [-0.25, -0.2) is 0 Å². The van der Waals surface area contributed by atoms with Crippen LogP contribution in [0.2, 0.25) is 5.02 Å². The quantitative estimate of drug-likeness (QED) is 0.588. The largest absolute Gasteiger partial charge is 0.347 e. The molecule has 2 aromatic heterocycles. The van der Waals surface area contributed by atoms with E-state index in [4.69, 9.17) is 17.0 Å². The molecule has 29 heavy (non-hydrogen) atoms. The molecule has 0 unspecified atom stereocenters. The Morgan fingerprint density at radius 1 is 1.17 bits per heavy atom. The van der Waals surface area contributed by atoms with Crippen LogP contribution in [0.15, 0.2) is 65.8 Å². The Kier molecular flexibility index (Phi) is 6.57. The third-order valence-corrected chi connectivity index (χ3v) is 4.69. The van der Waals surface area contributed by atoms with Gasteiger partial charge in [-0.3, -0.25) is 14.6 Å². The molecule has 1 aromatic carbocycles. The van der Waals surface area contributed by atoms with Crippen molar-refractivity contribution in [1.29, 1.82) is 5.41 Å². The molecule has 148 valence electrons. The van der Waals surface area contributed by atoms with Gasteiger partial charge in [-0.05, 0) is 48.2 Å². The van der Waals surface area contributed by atoms with Crippen LogP contribution in [0.3, 0.4) is 0 Å². The molecule has 0 spiro atoms. The Hall–Kier alpha value is -3.25. The van der Waals surface area contributed by atoms with Gasteiger partial charge in [0.05, 0.1) is 18.7 Å². The number of aromatic nitrogens is 2. The molecule has 0 aliphatic carbocycles. The van der Waals surface area contributed by atoms with Crippen molar-refractivity contribution in [3.63, 3.8) is 0 Å². The van der Waals surface area contributed by atoms with E-state index in [0.29, 0.717) is 29.3 Å². The topological polar surface area (TPSA) is 87.8 Å². The zero-order chi connectivity index (χ0) is 20.8. The molecule has 1 amide bonds. The summed E-state index contributed by atoms with van der Waals surface area (Å²) < 4.78 is 1.60. The highest BCUT2D eigenvalue weighted by Gasteiger charge is 2.09. The first kappa shape index (κ1) is 20.5. The van der Waals surface area contributed by atoms with E-state index in [1.54, 1.807) is 36.0 Å². The number of hydrogen-bond acceptors (Lipinski definition) is 4. The molecule has 0 saturated carbocycles. The summed E-state index contributed by atoms with van der Waals surface area (Å²) in [5, 5.41) is 10.7. The van der Waals surface area contributed by atoms with E-state index in [2.05, 4.69) is 10.3 Å². The van der Waals surface area contributed by atoms with E-state index in [1.165, 1.54) is 12.3 Å². The lowest BCUT2D eigenvalue weighted by Crippen LogP contribution is -2.28. The number of carbonyl (C=O) groups excluding carboxylic acids is 1. The van der Waals surface area contributed by atoms with Crippen molar-refractivity contribution in [2.75, 3.05) is 6.54 Å². The summed E-state index contributed by atoms with van der Waals surface area (Å²) in [6.45, 7) is 2.25. The summed E-state index contributed by atoms with van der Waals surface area (Å²) in [4.78, 5) is 28.2. The highest BCUT2D eigenvalue weighted by molar-refractivity contribution is 6.31. The summed E-state index contributed by atoms with van der Waals surface area (Å²) >= 11 is 6.44. The lowest BCUT2D eigenvalue weighted by molar-refractivity contribution is 0.0958. The van der Waals surface area contributed by atoms with Gasteiger partial charge in [-0.2, -0.15) is 0 Å². The normalized spacial score (nSPS) is 10.6. The summed E-state index contributed by atoms with van der Waals surface area (Å²) in [6.07, 6.45) is 5.52. The number of amides is 1. The van der Waals surface area contributed by atoms with Crippen molar-refractivity contribution in [1.82, 2.24) is 14.9 Å². The number of carbonyl (C=O) groups is 1. The molecule has 6 nitrogen and oxygen atoms in total. The van der Waals surface area contributed by atoms with Crippen LogP contribution in [0.4, 0.5) is 0 Å². The van der Waals surface area contributed by atoms with Crippen molar-refractivity contribution in [3.05, 3.63) is 98.7 Å². The van der Waals surface area contributed by atoms with Gasteiger partial charge in [0.15, 0.2) is 0 Å². The third kappa shape index (κ3) is 5.62. The number of hydrogen-bond donors (Lipinski definition) is 2. The number of nitrogens with one attached hydrogen (secondary N) is 2. The number of rotatable bonds is 7. The van der Waals surface area contributed by atoms with Crippen LogP contribution >= 0.6 is 11.6 Å². The van der Waals surface area contributed by atoms with Crippen molar-refractivity contribution in [2.45, 2.75) is 19.9 Å². The van der Waals surface area contributed by atoms with Gasteiger partial charge in [0.1, 0.15) is 0 Å². The summed E-state index contributed by atoms with van der Waals surface area (Å²) in [5.74, 6) is -0.257. The van der Waals surface area contributed by atoms with Crippen molar-refractivity contribution >= 4 is 23.2 Å². The highest BCUT2D eigenvalue weighted by Crippen LogP contribution is 2.21. The number of halogens is 1. The third-order valence-electron chi connectivity index (χ3n) is 4.34. The summed E-state index contributed by atoms with van der Waals surface area (Å²) in [6, 6.07) is 12.6. The number of benzene rings is 1. The molecule has 0 bridgehead atoms. The maximum Gasteiger partial charge on any atom is 0.253 e. The zero-order valence-electron chi connectivity index (χ0n) is 16.0. The van der Waals surface area contributed by atoms with Crippen LogP contribution in [0.5, 0.6) is 0 Å². The van der Waals surface area contributed by atoms with Crippen LogP contribution in [0.1, 0.15) is 34.0 Å². The number of nitrogens with zero attached hydrogens (tertiary/aromatic N) is 2. The van der Waals surface area contributed by atoms with E-state index in [1.807, 2.05) is 24.3 Å². The monoisotopic (exact) mass is 408 g/mol. The van der Waals surface area contributed by atoms with Crippen LogP contribution in [-0.4, -0.2) is 27.7 Å². The van der Waals surface area contributed by atoms with Gasteiger partial charge < -0.3 is 15.3 Å². The second kappa shape index (κ2) is 9.30. The van der Waals surface area contributed by atoms with E-state index < -0.39 is 0 Å². The Labute approximate surface area is 173 Å². The zero-order valence-corrected chi connectivity index (χ0v) is 16.7. The Morgan fingerprint density at radius 3 is 2.72 bits per heavy atom. The Bertz CT molecular complexity index is 1110. The van der Waals surface area contributed by atoms with Gasteiger partial charge in [0, 0.05) is 35.4 Å². The second-order valence-corrected chi connectivity index (χ2v) is 7.22. The first-order chi connectivity index (χ1) is 13.9. The first-order valence-electron chi connectivity index (χ1n) is 9.11. The molecule has 0 aliphatic heterocycles. The van der Waals surface area contributed by atoms with Crippen molar-refractivity contribution in [3.8, 4) is 0 Å². The molecule has 0 radical (unpaired) electrons. The standard InChI is InChI=1S/C22H21ClN4O2/c1-15(24)11-26-22(29)19-9-17(12-25-13-19)8-16-5-6-18(20(23)10-16)14-27-7-3-2-4-21(27)28/h2-7,9-10,12-13,24H,8,11,14H2,1H3,(H,26,29). The second-order valence-electron chi connectivity index (χ2n) is 6.81. The predicted octanol–water partition coefficient (Wildman–Crippen LogP) is 3.31. The highest BCUT2D eigenvalue weighted by atomic mass is 35.5. The van der Waals surface area contributed by atoms with E-state index in [9.17, 15) is 9.59 Å². The summed E-state index contributed by atoms with van der Waals surface area (Å²) in [5.41, 5.74) is 3.48. The molecular weight excluding hydrogens is 388 g/mol. The van der Waals surface area contributed by atoms with Gasteiger partial charge in [0.25, 0.3) is 11.5 Å². The fourth-order valence-corrected chi connectivity index (χ4v) is 3.13. The molecule has 0 fully saturated rings. The molecule has 7 heteroatoms. The molecule has 3 aromatic rings. The van der Waals surface area contributed by atoms with Gasteiger partial charge in [-0.15, -0.1) is 0 Å².